The minimum absolute atomic E-state index is 0.0527. The van der Waals surface area contributed by atoms with Gasteiger partial charge in [-0.25, -0.2) is 4.79 Å². The fourth-order valence-electron chi connectivity index (χ4n) is 2.40. The first-order chi connectivity index (χ1) is 14.4. The van der Waals surface area contributed by atoms with E-state index in [1.165, 1.54) is 10.8 Å². The van der Waals surface area contributed by atoms with Crippen molar-refractivity contribution in [3.63, 3.8) is 0 Å². The summed E-state index contributed by atoms with van der Waals surface area (Å²) in [6.45, 7) is 5.72. The van der Waals surface area contributed by atoms with E-state index in [2.05, 4.69) is 24.3 Å². The fraction of sp³-hybridized carbons (Fsp3) is 0.667. The molecule has 1 fully saturated rings. The Morgan fingerprint density at radius 3 is 2.29 bits per heavy atom. The molecule has 31 heavy (non-hydrogen) atoms. The molecular weight excluding hydrogens is 459 g/mol. The van der Waals surface area contributed by atoms with Crippen LogP contribution in [-0.2, 0) is 16.1 Å². The number of carbonyl (C=O) groups is 3. The average Bonchev–Trinajstić information content (AvgIpc) is 3.40. The second-order valence-corrected chi connectivity index (χ2v) is 9.84. The van der Waals surface area contributed by atoms with Crippen LogP contribution in [-0.4, -0.2) is 62.1 Å². The van der Waals surface area contributed by atoms with Gasteiger partial charge >= 0.3 is 18.1 Å². The maximum Gasteiger partial charge on any atom is 0.490 e. The second kappa shape index (κ2) is 12.8. The highest BCUT2D eigenvalue weighted by Crippen LogP contribution is 2.41. The summed E-state index contributed by atoms with van der Waals surface area (Å²) in [5.74, 6) is -1.26. The average molecular weight is 486 g/mol. The Morgan fingerprint density at radius 1 is 1.23 bits per heavy atom. The van der Waals surface area contributed by atoms with Gasteiger partial charge in [0.2, 0.25) is 0 Å². The Hall–Kier alpha value is -1.89. The first-order valence-corrected chi connectivity index (χ1v) is 12.0. The SMILES string of the molecule is CC(C)Cn1ncc(C(=O)NCCSSCCC(=O)O)c1C1CC1.O=C(O)C(F)(F)F. The Kier molecular flexibility index (Phi) is 11.2. The normalized spacial score (nSPS) is 13.5. The molecule has 0 radical (unpaired) electrons. The van der Waals surface area contributed by atoms with Gasteiger partial charge < -0.3 is 15.5 Å². The number of amides is 1. The van der Waals surface area contributed by atoms with Crippen LogP contribution in [0.5, 0.6) is 0 Å². The number of halogens is 3. The summed E-state index contributed by atoms with van der Waals surface area (Å²) in [5.41, 5.74) is 1.80. The number of alkyl halides is 3. The summed E-state index contributed by atoms with van der Waals surface area (Å²) in [5, 5.41) is 23.0. The van der Waals surface area contributed by atoms with E-state index in [4.69, 9.17) is 15.0 Å². The molecule has 1 aromatic heterocycles. The Morgan fingerprint density at radius 2 is 1.81 bits per heavy atom. The third-order valence-electron chi connectivity index (χ3n) is 3.82. The lowest BCUT2D eigenvalue weighted by molar-refractivity contribution is -0.192. The minimum Gasteiger partial charge on any atom is -0.481 e. The maximum absolute atomic E-state index is 12.4. The van der Waals surface area contributed by atoms with Crippen LogP contribution in [0, 0.1) is 5.92 Å². The lowest BCUT2D eigenvalue weighted by atomic mass is 10.1. The Bertz CT molecular complexity index is 752. The van der Waals surface area contributed by atoms with Crippen LogP contribution in [0.2, 0.25) is 0 Å². The van der Waals surface area contributed by atoms with E-state index in [1.807, 2.05) is 4.68 Å². The lowest BCUT2D eigenvalue weighted by Gasteiger charge is -2.11. The molecule has 0 saturated heterocycles. The molecule has 176 valence electrons. The van der Waals surface area contributed by atoms with Crippen molar-refractivity contribution in [2.24, 2.45) is 5.92 Å². The predicted molar refractivity (Wildman–Crippen MR) is 112 cm³/mol. The highest BCUT2D eigenvalue weighted by atomic mass is 33.1. The summed E-state index contributed by atoms with van der Waals surface area (Å²) < 4.78 is 33.7. The van der Waals surface area contributed by atoms with Crippen LogP contribution in [0.1, 0.15) is 55.1 Å². The molecule has 1 aromatic rings. The van der Waals surface area contributed by atoms with E-state index in [9.17, 15) is 22.8 Å². The molecule has 0 bridgehead atoms. The minimum atomic E-state index is -5.08. The van der Waals surface area contributed by atoms with Crippen LogP contribution in [0.4, 0.5) is 13.2 Å². The number of hydrogen-bond acceptors (Lipinski definition) is 6. The van der Waals surface area contributed by atoms with Crippen molar-refractivity contribution in [2.45, 2.75) is 51.7 Å². The van der Waals surface area contributed by atoms with E-state index < -0.39 is 18.1 Å². The van der Waals surface area contributed by atoms with Gasteiger partial charge in [0.25, 0.3) is 5.91 Å². The first kappa shape index (κ1) is 27.1. The van der Waals surface area contributed by atoms with Gasteiger partial charge in [-0.1, -0.05) is 35.4 Å². The van der Waals surface area contributed by atoms with Gasteiger partial charge in [-0.05, 0) is 18.8 Å². The first-order valence-electron chi connectivity index (χ1n) is 9.53. The van der Waals surface area contributed by atoms with Gasteiger partial charge in [-0.2, -0.15) is 18.3 Å². The molecule has 8 nitrogen and oxygen atoms in total. The monoisotopic (exact) mass is 485 g/mol. The number of carboxylic acid groups (broad SMARTS) is 2. The molecule has 0 atom stereocenters. The van der Waals surface area contributed by atoms with Crippen molar-refractivity contribution in [3.8, 4) is 0 Å². The number of aromatic nitrogens is 2. The summed E-state index contributed by atoms with van der Waals surface area (Å²) in [6.07, 6.45) is -0.940. The van der Waals surface area contributed by atoms with Crippen LogP contribution in [0.25, 0.3) is 0 Å². The van der Waals surface area contributed by atoms with Crippen LogP contribution < -0.4 is 5.32 Å². The van der Waals surface area contributed by atoms with E-state index >= 15 is 0 Å². The molecule has 0 spiro atoms. The van der Waals surface area contributed by atoms with E-state index in [1.54, 1.807) is 17.0 Å². The van der Waals surface area contributed by atoms with Gasteiger partial charge in [0, 0.05) is 30.5 Å². The van der Waals surface area contributed by atoms with E-state index in [0.29, 0.717) is 29.7 Å². The molecule has 1 aliphatic rings. The quantitative estimate of drug-likeness (QED) is 0.321. The smallest absolute Gasteiger partial charge is 0.481 e. The number of nitrogens with one attached hydrogen (secondary N) is 1. The molecule has 0 aromatic carbocycles. The van der Waals surface area contributed by atoms with Gasteiger partial charge in [-0.15, -0.1) is 0 Å². The zero-order valence-electron chi connectivity index (χ0n) is 17.1. The van der Waals surface area contributed by atoms with E-state index in [0.717, 1.165) is 30.8 Å². The number of aliphatic carboxylic acids is 2. The van der Waals surface area contributed by atoms with Crippen molar-refractivity contribution in [1.82, 2.24) is 15.1 Å². The second-order valence-electron chi connectivity index (χ2n) is 7.14. The maximum atomic E-state index is 12.4. The van der Waals surface area contributed by atoms with Gasteiger partial charge in [0.05, 0.1) is 23.9 Å². The molecule has 1 amide bonds. The van der Waals surface area contributed by atoms with Gasteiger partial charge in [-0.3, -0.25) is 14.3 Å². The molecule has 3 N–H and O–H groups in total. The number of nitrogens with zero attached hydrogens (tertiary/aromatic N) is 2. The molecule has 1 heterocycles. The zero-order chi connectivity index (χ0) is 23.6. The van der Waals surface area contributed by atoms with Crippen molar-refractivity contribution in [3.05, 3.63) is 17.5 Å². The topological polar surface area (TPSA) is 122 Å². The van der Waals surface area contributed by atoms with Crippen molar-refractivity contribution >= 4 is 39.4 Å². The number of carboxylic acids is 2. The molecule has 13 heteroatoms. The number of rotatable bonds is 11. The lowest BCUT2D eigenvalue weighted by Crippen LogP contribution is -2.26. The molecule has 1 aliphatic carbocycles. The fourth-order valence-corrected chi connectivity index (χ4v) is 4.28. The third-order valence-corrected chi connectivity index (χ3v) is 6.23. The molecule has 0 aliphatic heterocycles. The molecule has 2 rings (SSSR count). The Labute approximate surface area is 185 Å². The standard InChI is InChI=1S/C16H25N3O3S2.C2HF3O2/c1-11(2)10-19-15(12-3-4-12)13(9-18-19)16(22)17-6-8-24-23-7-5-14(20)21;3-2(4,5)1(6)7/h9,11-12H,3-8,10H2,1-2H3,(H,17,22)(H,20,21);(H,6,7). The summed E-state index contributed by atoms with van der Waals surface area (Å²) >= 11 is 0. The molecular formula is C18H26F3N3O5S2. The van der Waals surface area contributed by atoms with Crippen molar-refractivity contribution in [2.75, 3.05) is 18.1 Å². The van der Waals surface area contributed by atoms with Crippen LogP contribution in [0.15, 0.2) is 6.20 Å². The zero-order valence-corrected chi connectivity index (χ0v) is 18.8. The van der Waals surface area contributed by atoms with Crippen LogP contribution in [0.3, 0.4) is 0 Å². The highest BCUT2D eigenvalue weighted by molar-refractivity contribution is 8.76. The summed E-state index contributed by atoms with van der Waals surface area (Å²) in [7, 11) is 3.11. The largest absolute Gasteiger partial charge is 0.490 e. The van der Waals surface area contributed by atoms with Crippen molar-refractivity contribution in [1.29, 1.82) is 0 Å². The summed E-state index contributed by atoms with van der Waals surface area (Å²) in [4.78, 5) is 31.7. The molecule has 1 saturated carbocycles. The third kappa shape index (κ3) is 10.8. The molecule has 0 unspecified atom stereocenters. The van der Waals surface area contributed by atoms with Crippen LogP contribution >= 0.6 is 21.6 Å². The van der Waals surface area contributed by atoms with E-state index in [-0.39, 0.29) is 12.3 Å². The number of carbonyl (C=O) groups excluding carboxylic acids is 1. The number of hydrogen-bond donors (Lipinski definition) is 3. The van der Waals surface area contributed by atoms with Crippen molar-refractivity contribution < 1.29 is 37.8 Å². The summed E-state index contributed by atoms with van der Waals surface area (Å²) in [6, 6.07) is 0. The Balaban J connectivity index is 0.000000592. The predicted octanol–water partition coefficient (Wildman–Crippen LogP) is 3.64. The van der Waals surface area contributed by atoms with Gasteiger partial charge in [0.15, 0.2) is 0 Å². The highest BCUT2D eigenvalue weighted by Gasteiger charge is 2.38. The van der Waals surface area contributed by atoms with Gasteiger partial charge in [0.1, 0.15) is 0 Å².